The molecule has 3 N–H and O–H groups in total. The maximum absolute atomic E-state index is 12.3. The summed E-state index contributed by atoms with van der Waals surface area (Å²) in [4.78, 5) is 23.3. The van der Waals surface area contributed by atoms with Gasteiger partial charge < -0.3 is 15.3 Å². The first-order valence-corrected chi connectivity index (χ1v) is 8.98. The minimum Gasteiger partial charge on any atom is -0.609 e. The van der Waals surface area contributed by atoms with Gasteiger partial charge >= 0.3 is 10.8 Å². The summed E-state index contributed by atoms with van der Waals surface area (Å²) in [6.07, 6.45) is 0.721. The Morgan fingerprint density at radius 3 is 2.72 bits per heavy atom. The van der Waals surface area contributed by atoms with Gasteiger partial charge in [0.1, 0.15) is 11.3 Å². The van der Waals surface area contributed by atoms with E-state index in [1.807, 2.05) is 13.0 Å². The molecular formula is C16H16N6O2S. The molecule has 1 aromatic carbocycles. The summed E-state index contributed by atoms with van der Waals surface area (Å²) in [6.45, 7) is 2.16. The SMILES string of the molecule is CCC[S+]([O-])c1nc(N)c2[nH]c(=O)n(Cc3ccc(C#N)cc3)c2n1. The minimum atomic E-state index is -1.37. The Hall–Kier alpha value is -2.83. The standard InChI is InChI=1S/C16H16N6O2S/c1-2-7-25(24)15-20-13(18)12-14(21-15)22(16(23)19-12)9-11-5-3-10(8-17)4-6-11/h3-6H,2,7,9H2,1H3,(H,19,23)(H2,18,20,21). The van der Waals surface area contributed by atoms with Gasteiger partial charge in [-0.25, -0.2) is 4.79 Å². The molecule has 25 heavy (non-hydrogen) atoms. The van der Waals surface area contributed by atoms with Crippen LogP contribution in [0.1, 0.15) is 24.5 Å². The molecule has 2 aromatic heterocycles. The van der Waals surface area contributed by atoms with Crippen LogP contribution in [0, 0.1) is 11.3 Å². The number of hydrogen-bond acceptors (Lipinski definition) is 6. The molecule has 128 valence electrons. The quantitative estimate of drug-likeness (QED) is 0.519. The van der Waals surface area contributed by atoms with Crippen LogP contribution in [0.5, 0.6) is 0 Å². The van der Waals surface area contributed by atoms with Crippen LogP contribution in [0.15, 0.2) is 34.2 Å². The zero-order valence-electron chi connectivity index (χ0n) is 13.5. The van der Waals surface area contributed by atoms with Crippen molar-refractivity contribution in [1.82, 2.24) is 19.5 Å². The van der Waals surface area contributed by atoms with Crippen LogP contribution >= 0.6 is 0 Å². The smallest absolute Gasteiger partial charge is 0.346 e. The third-order valence-corrected chi connectivity index (χ3v) is 5.02. The number of aromatic amines is 1. The van der Waals surface area contributed by atoms with E-state index in [2.05, 4.69) is 15.0 Å². The van der Waals surface area contributed by atoms with Gasteiger partial charge in [-0.15, -0.1) is 0 Å². The zero-order valence-corrected chi connectivity index (χ0v) is 14.3. The molecule has 0 fully saturated rings. The number of H-pyrrole nitrogens is 1. The second kappa shape index (κ2) is 6.96. The number of rotatable bonds is 5. The lowest BCUT2D eigenvalue weighted by atomic mass is 10.1. The number of hydrogen-bond donors (Lipinski definition) is 2. The molecule has 0 aliphatic carbocycles. The number of nitrogen functional groups attached to an aromatic ring is 1. The van der Waals surface area contributed by atoms with Crippen molar-refractivity contribution >= 4 is 28.2 Å². The van der Waals surface area contributed by atoms with E-state index in [0.717, 1.165) is 12.0 Å². The third kappa shape index (κ3) is 3.35. The zero-order chi connectivity index (χ0) is 18.0. The Kier molecular flexibility index (Phi) is 4.74. The average molecular weight is 356 g/mol. The highest BCUT2D eigenvalue weighted by molar-refractivity contribution is 7.91. The molecule has 0 bridgehead atoms. The largest absolute Gasteiger partial charge is 0.609 e. The summed E-state index contributed by atoms with van der Waals surface area (Å²) in [7, 11) is 0. The number of benzene rings is 1. The number of anilines is 1. The second-order valence-corrected chi connectivity index (χ2v) is 6.93. The van der Waals surface area contributed by atoms with Gasteiger partial charge in [0.25, 0.3) is 0 Å². The Morgan fingerprint density at radius 1 is 1.36 bits per heavy atom. The van der Waals surface area contributed by atoms with Crippen LogP contribution in [-0.4, -0.2) is 29.8 Å². The fourth-order valence-corrected chi connectivity index (χ4v) is 3.37. The number of nitrogens with zero attached hydrogens (tertiary/aromatic N) is 4. The normalized spacial score (nSPS) is 12.2. The van der Waals surface area contributed by atoms with E-state index in [-0.39, 0.29) is 23.2 Å². The van der Waals surface area contributed by atoms with Crippen LogP contribution in [0.2, 0.25) is 0 Å². The molecule has 1 unspecified atom stereocenters. The summed E-state index contributed by atoms with van der Waals surface area (Å²) in [5.41, 5.74) is 7.54. The highest BCUT2D eigenvalue weighted by Gasteiger charge is 2.20. The molecule has 0 amide bonds. The molecule has 9 heteroatoms. The van der Waals surface area contributed by atoms with Crippen molar-refractivity contribution < 1.29 is 4.55 Å². The lowest BCUT2D eigenvalue weighted by molar-refractivity contribution is 0.585. The van der Waals surface area contributed by atoms with Crippen molar-refractivity contribution in [1.29, 1.82) is 5.26 Å². The minimum absolute atomic E-state index is 0.0973. The summed E-state index contributed by atoms with van der Waals surface area (Å²) >= 11 is -1.37. The number of aromatic nitrogens is 4. The van der Waals surface area contributed by atoms with E-state index < -0.39 is 11.2 Å². The first kappa shape index (κ1) is 17.0. The van der Waals surface area contributed by atoms with Crippen LogP contribution in [0.25, 0.3) is 11.2 Å². The third-order valence-electron chi connectivity index (χ3n) is 3.65. The highest BCUT2D eigenvalue weighted by Crippen LogP contribution is 2.18. The van der Waals surface area contributed by atoms with E-state index in [1.165, 1.54) is 4.57 Å². The Bertz CT molecular complexity index is 1000. The van der Waals surface area contributed by atoms with Gasteiger partial charge in [-0.05, 0) is 24.1 Å². The summed E-state index contributed by atoms with van der Waals surface area (Å²) < 4.78 is 13.6. The first-order chi connectivity index (χ1) is 12.0. The number of nitrogens with one attached hydrogen (secondary N) is 1. The lowest BCUT2D eigenvalue weighted by Crippen LogP contribution is -2.18. The summed E-state index contributed by atoms with van der Waals surface area (Å²) in [6, 6.07) is 8.95. The Labute approximate surface area is 146 Å². The predicted octanol–water partition coefficient (Wildman–Crippen LogP) is 1.14. The average Bonchev–Trinajstić information content (AvgIpc) is 2.92. The van der Waals surface area contributed by atoms with E-state index in [0.29, 0.717) is 22.5 Å². The predicted molar refractivity (Wildman–Crippen MR) is 94.4 cm³/mol. The molecule has 8 nitrogen and oxygen atoms in total. The molecule has 0 radical (unpaired) electrons. The fraction of sp³-hybridized carbons (Fsp3) is 0.250. The monoisotopic (exact) mass is 356 g/mol. The topological polar surface area (TPSA) is 136 Å². The molecule has 3 rings (SSSR count). The molecule has 0 spiro atoms. The van der Waals surface area contributed by atoms with Gasteiger partial charge in [-0.3, -0.25) is 4.57 Å². The van der Waals surface area contributed by atoms with Crippen molar-refractivity contribution in [2.45, 2.75) is 25.0 Å². The molecule has 3 aromatic rings. The van der Waals surface area contributed by atoms with Gasteiger partial charge in [0.05, 0.1) is 18.2 Å². The molecule has 2 heterocycles. The molecular weight excluding hydrogens is 340 g/mol. The van der Waals surface area contributed by atoms with E-state index >= 15 is 0 Å². The molecule has 0 saturated carbocycles. The fourth-order valence-electron chi connectivity index (χ4n) is 2.42. The van der Waals surface area contributed by atoms with Crippen molar-refractivity contribution in [3.05, 3.63) is 45.9 Å². The van der Waals surface area contributed by atoms with Crippen molar-refractivity contribution in [2.75, 3.05) is 11.5 Å². The Balaban J connectivity index is 2.06. The Morgan fingerprint density at radius 2 is 2.08 bits per heavy atom. The summed E-state index contributed by atoms with van der Waals surface area (Å²) in [5, 5.41) is 8.98. The maximum Gasteiger partial charge on any atom is 0.346 e. The van der Waals surface area contributed by atoms with Crippen LogP contribution in [0.3, 0.4) is 0 Å². The van der Waals surface area contributed by atoms with Crippen LogP contribution in [-0.2, 0) is 17.7 Å². The number of nitriles is 1. The molecule has 0 aliphatic rings. The molecule has 0 saturated heterocycles. The van der Waals surface area contributed by atoms with Crippen molar-refractivity contribution in [3.63, 3.8) is 0 Å². The van der Waals surface area contributed by atoms with E-state index in [1.54, 1.807) is 24.3 Å². The first-order valence-electron chi connectivity index (χ1n) is 7.67. The van der Waals surface area contributed by atoms with Gasteiger partial charge in [-0.2, -0.15) is 15.2 Å². The van der Waals surface area contributed by atoms with E-state index in [4.69, 9.17) is 11.0 Å². The second-order valence-electron chi connectivity index (χ2n) is 5.46. The van der Waals surface area contributed by atoms with E-state index in [9.17, 15) is 9.35 Å². The number of fused-ring (bicyclic) bond motifs is 1. The number of nitrogens with two attached hydrogens (primary N) is 1. The van der Waals surface area contributed by atoms with Gasteiger partial charge in [0.2, 0.25) is 0 Å². The highest BCUT2D eigenvalue weighted by atomic mass is 32.2. The van der Waals surface area contributed by atoms with Gasteiger partial charge in [0.15, 0.2) is 11.5 Å². The van der Waals surface area contributed by atoms with Crippen molar-refractivity contribution in [3.8, 4) is 6.07 Å². The van der Waals surface area contributed by atoms with Crippen molar-refractivity contribution in [2.24, 2.45) is 0 Å². The summed E-state index contributed by atoms with van der Waals surface area (Å²) in [5.74, 6) is 0.523. The maximum atomic E-state index is 12.3. The molecule has 0 aliphatic heterocycles. The molecule has 1 atom stereocenters. The van der Waals surface area contributed by atoms with Crippen LogP contribution in [0.4, 0.5) is 5.82 Å². The van der Waals surface area contributed by atoms with Crippen LogP contribution < -0.4 is 11.4 Å². The van der Waals surface area contributed by atoms with Gasteiger partial charge in [0, 0.05) is 11.2 Å². The van der Waals surface area contributed by atoms with Gasteiger partial charge in [-0.1, -0.05) is 19.1 Å². The lowest BCUT2D eigenvalue weighted by Gasteiger charge is -2.08. The number of imidazole rings is 1.